The second-order valence-corrected chi connectivity index (χ2v) is 7.27. The first-order valence-corrected chi connectivity index (χ1v) is 9.20. The molecule has 0 amide bonds. The predicted molar refractivity (Wildman–Crippen MR) is 87.8 cm³/mol. The lowest BCUT2D eigenvalue weighted by Crippen LogP contribution is -2.44. The van der Waals surface area contributed by atoms with E-state index in [2.05, 4.69) is 44.5 Å². The van der Waals surface area contributed by atoms with Crippen LogP contribution in [0.1, 0.15) is 32.6 Å². The Morgan fingerprint density at radius 2 is 1.86 bits per heavy atom. The highest BCUT2D eigenvalue weighted by Crippen LogP contribution is 2.34. The molecule has 6 heteroatoms. The molecule has 0 unspecified atom stereocenters. The Labute approximate surface area is 142 Å². The van der Waals surface area contributed by atoms with Crippen molar-refractivity contribution in [2.45, 2.75) is 74.1 Å². The van der Waals surface area contributed by atoms with Gasteiger partial charge in [-0.2, -0.15) is 0 Å². The van der Waals surface area contributed by atoms with E-state index in [1.54, 1.807) is 4.99 Å². The van der Waals surface area contributed by atoms with E-state index in [-0.39, 0.29) is 29.2 Å². The first-order chi connectivity index (χ1) is 10.0. The Bertz CT molecular complexity index is 397. The van der Waals surface area contributed by atoms with E-state index in [1.165, 1.54) is 0 Å². The number of halogens is 2. The molecule has 0 aromatic carbocycles. The highest BCUT2D eigenvalue weighted by Gasteiger charge is 2.42. The fourth-order valence-electron chi connectivity index (χ4n) is 2.92. The van der Waals surface area contributed by atoms with Gasteiger partial charge in [-0.05, 0) is 12.5 Å². The minimum Gasteiger partial charge on any atom is -0.390 e. The molecular weight excluding hydrogens is 404 g/mol. The molecule has 0 spiro atoms. The maximum absolute atomic E-state index is 10.1. The number of aliphatic hydroxyl groups is 2. The zero-order valence-electron chi connectivity index (χ0n) is 12.0. The Kier molecular flexibility index (Phi) is 6.94. The van der Waals surface area contributed by atoms with Gasteiger partial charge in [-0.1, -0.05) is 38.8 Å². The van der Waals surface area contributed by atoms with Crippen LogP contribution in [0, 0.1) is 0 Å². The van der Waals surface area contributed by atoms with Crippen molar-refractivity contribution in [1.82, 2.24) is 0 Å². The predicted octanol–water partition coefficient (Wildman–Crippen LogP) is 2.65. The van der Waals surface area contributed by atoms with Crippen molar-refractivity contribution in [3.8, 4) is 0 Å². The van der Waals surface area contributed by atoms with E-state index in [0.717, 1.165) is 12.8 Å². The largest absolute Gasteiger partial charge is 0.390 e. The molecule has 0 radical (unpaired) electrons. The quantitative estimate of drug-likeness (QED) is 0.539. The summed E-state index contributed by atoms with van der Waals surface area (Å²) in [6.45, 7) is 2.07. The second-order valence-electron chi connectivity index (χ2n) is 5.63. The van der Waals surface area contributed by atoms with Crippen molar-refractivity contribution in [2.24, 2.45) is 0 Å². The number of fused-ring (bicyclic) bond motifs is 1. The number of hydrogen-bond donors (Lipinski definition) is 2. The molecule has 2 saturated heterocycles. The SMILES string of the molecule is CC[C@@H](Br)[C@H]1C[C@H](O)[C@H](O)C[C@H]2O[C@H](C=C=CBr)C[C@H]2O1. The number of aliphatic hydroxyl groups excluding tert-OH is 2. The Morgan fingerprint density at radius 1 is 1.19 bits per heavy atom. The molecule has 0 aliphatic carbocycles. The lowest BCUT2D eigenvalue weighted by atomic mass is 9.94. The number of hydrogen-bond acceptors (Lipinski definition) is 4. The molecule has 2 heterocycles. The molecule has 2 N–H and O–H groups in total. The third-order valence-corrected chi connectivity index (χ3v) is 5.61. The van der Waals surface area contributed by atoms with Crippen molar-refractivity contribution >= 4 is 31.9 Å². The van der Waals surface area contributed by atoms with Gasteiger partial charge >= 0.3 is 0 Å². The fourth-order valence-corrected chi connectivity index (χ4v) is 3.41. The maximum Gasteiger partial charge on any atom is 0.0871 e. The van der Waals surface area contributed by atoms with Gasteiger partial charge < -0.3 is 19.7 Å². The van der Waals surface area contributed by atoms with Gasteiger partial charge in [0.25, 0.3) is 0 Å². The molecule has 120 valence electrons. The van der Waals surface area contributed by atoms with Gasteiger partial charge in [0, 0.05) is 29.1 Å². The number of rotatable bonds is 3. The van der Waals surface area contributed by atoms with E-state index in [4.69, 9.17) is 9.47 Å². The van der Waals surface area contributed by atoms with Crippen molar-refractivity contribution in [3.63, 3.8) is 0 Å². The van der Waals surface area contributed by atoms with Crippen molar-refractivity contribution in [2.75, 3.05) is 0 Å². The summed E-state index contributed by atoms with van der Waals surface area (Å²) in [5, 5.41) is 20.2. The molecule has 0 saturated carbocycles. The maximum atomic E-state index is 10.1. The van der Waals surface area contributed by atoms with E-state index < -0.39 is 12.2 Å². The molecule has 21 heavy (non-hydrogen) atoms. The normalized spacial score (nSPS) is 41.4. The third-order valence-electron chi connectivity index (χ3n) is 4.11. The van der Waals surface area contributed by atoms with Gasteiger partial charge in [-0.15, -0.1) is 5.73 Å². The van der Waals surface area contributed by atoms with Crippen LogP contribution in [0.25, 0.3) is 0 Å². The summed E-state index contributed by atoms with van der Waals surface area (Å²) < 4.78 is 12.1. The summed E-state index contributed by atoms with van der Waals surface area (Å²) in [6.07, 6.45) is 2.38. The van der Waals surface area contributed by atoms with Crippen molar-refractivity contribution < 1.29 is 19.7 Å². The molecule has 7 atom stereocenters. The lowest BCUT2D eigenvalue weighted by molar-refractivity contribution is -0.122. The zero-order valence-corrected chi connectivity index (χ0v) is 15.2. The molecule has 2 fully saturated rings. The van der Waals surface area contributed by atoms with Crippen LogP contribution < -0.4 is 0 Å². The van der Waals surface area contributed by atoms with Crippen LogP contribution in [0.3, 0.4) is 0 Å². The minimum atomic E-state index is -0.775. The van der Waals surface area contributed by atoms with Crippen molar-refractivity contribution in [3.05, 3.63) is 16.8 Å². The molecule has 2 aliphatic rings. The molecule has 0 bridgehead atoms. The van der Waals surface area contributed by atoms with Gasteiger partial charge in [-0.25, -0.2) is 0 Å². The smallest absolute Gasteiger partial charge is 0.0871 e. The van der Waals surface area contributed by atoms with Gasteiger partial charge in [0.05, 0.1) is 36.6 Å². The average molecular weight is 426 g/mol. The van der Waals surface area contributed by atoms with Crippen LogP contribution in [0.4, 0.5) is 0 Å². The summed E-state index contributed by atoms with van der Waals surface area (Å²) >= 11 is 6.79. The van der Waals surface area contributed by atoms with Crippen LogP contribution in [0.2, 0.25) is 0 Å². The first kappa shape index (κ1) is 17.7. The van der Waals surface area contributed by atoms with Gasteiger partial charge in [0.2, 0.25) is 0 Å². The monoisotopic (exact) mass is 424 g/mol. The fraction of sp³-hybridized carbons (Fsp3) is 0.800. The van der Waals surface area contributed by atoms with Crippen LogP contribution in [0.15, 0.2) is 16.8 Å². The summed E-state index contributed by atoms with van der Waals surface area (Å²) in [5.74, 6) is 0. The standard InChI is InChI=1S/C15H22Br2O4/c1-2-10(17)13-7-11(18)12(19)8-15-14(21-13)6-9(20-15)4-3-5-16/h4-5,9-15,18-19H,2,6-8H2,1H3/t3?,9-,10-,11+,12-,13-,14-,15-/m1/s1. The van der Waals surface area contributed by atoms with Crippen LogP contribution in [-0.4, -0.2) is 51.7 Å². The van der Waals surface area contributed by atoms with E-state index in [9.17, 15) is 10.2 Å². The van der Waals surface area contributed by atoms with Crippen LogP contribution >= 0.6 is 31.9 Å². The molecule has 4 nitrogen and oxygen atoms in total. The molecule has 2 aliphatic heterocycles. The van der Waals surface area contributed by atoms with Crippen LogP contribution in [-0.2, 0) is 9.47 Å². The summed E-state index contributed by atoms with van der Waals surface area (Å²) in [5.41, 5.74) is 2.96. The third kappa shape index (κ3) is 4.64. The molecule has 2 rings (SSSR count). The Hall–Kier alpha value is 0.320. The Balaban J connectivity index is 2.11. The lowest BCUT2D eigenvalue weighted by Gasteiger charge is -2.34. The van der Waals surface area contributed by atoms with Gasteiger partial charge in [-0.3, -0.25) is 0 Å². The first-order valence-electron chi connectivity index (χ1n) is 7.37. The molecule has 0 aromatic heterocycles. The highest BCUT2D eigenvalue weighted by molar-refractivity contribution is 9.11. The van der Waals surface area contributed by atoms with Gasteiger partial charge in [0.1, 0.15) is 0 Å². The number of ether oxygens (including phenoxy) is 2. The van der Waals surface area contributed by atoms with E-state index >= 15 is 0 Å². The topological polar surface area (TPSA) is 58.9 Å². The molecule has 0 aromatic rings. The zero-order chi connectivity index (χ0) is 15.4. The summed E-state index contributed by atoms with van der Waals surface area (Å²) in [6, 6.07) is 0. The molecular formula is C15H22Br2O4. The average Bonchev–Trinajstić information content (AvgIpc) is 2.83. The highest BCUT2D eigenvalue weighted by atomic mass is 79.9. The summed E-state index contributed by atoms with van der Waals surface area (Å²) in [7, 11) is 0. The minimum absolute atomic E-state index is 0.0536. The Morgan fingerprint density at radius 3 is 2.52 bits per heavy atom. The van der Waals surface area contributed by atoms with Gasteiger partial charge in [0.15, 0.2) is 0 Å². The number of alkyl halides is 1. The van der Waals surface area contributed by atoms with E-state index in [0.29, 0.717) is 12.8 Å². The second kappa shape index (κ2) is 8.25. The van der Waals surface area contributed by atoms with Crippen LogP contribution in [0.5, 0.6) is 0 Å². The van der Waals surface area contributed by atoms with Crippen molar-refractivity contribution in [1.29, 1.82) is 0 Å². The van der Waals surface area contributed by atoms with E-state index in [1.807, 2.05) is 6.08 Å². The summed E-state index contributed by atoms with van der Waals surface area (Å²) in [4.78, 5) is 1.82.